The minimum atomic E-state index is -0.277. The Morgan fingerprint density at radius 1 is 1.12 bits per heavy atom. The van der Waals surface area contributed by atoms with E-state index in [1.54, 1.807) is 0 Å². The highest BCUT2D eigenvalue weighted by molar-refractivity contribution is 9.09. The molecule has 92 valence electrons. The van der Waals surface area contributed by atoms with Crippen LogP contribution in [-0.2, 0) is 9.31 Å². The summed E-state index contributed by atoms with van der Waals surface area (Å²) in [5.41, 5.74) is 0.553. The van der Waals surface area contributed by atoms with Crippen LogP contribution in [0.15, 0.2) is 30.3 Å². The van der Waals surface area contributed by atoms with Crippen molar-refractivity contribution in [2.45, 2.75) is 38.4 Å². The van der Waals surface area contributed by atoms with Crippen LogP contribution in [0.2, 0.25) is 0 Å². The molecule has 1 aromatic carbocycles. The van der Waals surface area contributed by atoms with E-state index in [-0.39, 0.29) is 18.3 Å². The third-order valence-corrected chi connectivity index (χ3v) is 4.08. The molecular formula is C13H18BBrO2. The molecule has 0 aromatic heterocycles. The van der Waals surface area contributed by atoms with E-state index in [9.17, 15) is 0 Å². The van der Waals surface area contributed by atoms with Crippen molar-refractivity contribution in [3.8, 4) is 0 Å². The summed E-state index contributed by atoms with van der Waals surface area (Å²) in [5, 5.41) is 0.914. The van der Waals surface area contributed by atoms with Crippen molar-refractivity contribution in [3.05, 3.63) is 30.3 Å². The second kappa shape index (κ2) is 4.75. The molecule has 1 heterocycles. The molecule has 1 aliphatic heterocycles. The average Bonchev–Trinajstić information content (AvgIpc) is 2.52. The van der Waals surface area contributed by atoms with Crippen LogP contribution >= 0.6 is 15.9 Å². The zero-order valence-electron chi connectivity index (χ0n) is 10.6. The highest BCUT2D eigenvalue weighted by Gasteiger charge is 2.53. The van der Waals surface area contributed by atoms with Crippen molar-refractivity contribution < 1.29 is 9.31 Å². The van der Waals surface area contributed by atoms with Gasteiger partial charge in [0.15, 0.2) is 0 Å². The Morgan fingerprint density at radius 2 is 1.76 bits per heavy atom. The lowest BCUT2D eigenvalue weighted by Crippen LogP contribution is -2.45. The zero-order chi connectivity index (χ0) is 12.5. The molecule has 0 saturated carbocycles. The van der Waals surface area contributed by atoms with E-state index < -0.39 is 0 Å². The third kappa shape index (κ3) is 2.44. The lowest BCUT2D eigenvalue weighted by atomic mass is 9.79. The normalized spacial score (nSPS) is 27.4. The minimum absolute atomic E-state index is 0.253. The maximum atomic E-state index is 6.14. The first-order valence-corrected chi connectivity index (χ1v) is 7.07. The van der Waals surface area contributed by atoms with Crippen LogP contribution < -0.4 is 5.46 Å². The zero-order valence-corrected chi connectivity index (χ0v) is 12.2. The van der Waals surface area contributed by atoms with E-state index in [2.05, 4.69) is 36.7 Å². The van der Waals surface area contributed by atoms with Gasteiger partial charge in [0, 0.05) is 5.33 Å². The summed E-state index contributed by atoms with van der Waals surface area (Å²) in [6, 6.07) is 10.1. The third-order valence-electron chi connectivity index (χ3n) is 3.69. The number of benzene rings is 1. The van der Waals surface area contributed by atoms with Crippen molar-refractivity contribution in [2.75, 3.05) is 5.33 Å². The van der Waals surface area contributed by atoms with Gasteiger partial charge in [-0.1, -0.05) is 46.3 Å². The number of halogens is 1. The monoisotopic (exact) mass is 296 g/mol. The fraction of sp³-hybridized carbons (Fsp3) is 0.538. The molecule has 1 unspecified atom stereocenters. The van der Waals surface area contributed by atoms with E-state index in [1.807, 2.05) is 30.3 Å². The Kier molecular flexibility index (Phi) is 3.67. The summed E-state index contributed by atoms with van der Waals surface area (Å²) in [6.07, 6.45) is 0.934. The fourth-order valence-corrected chi connectivity index (χ4v) is 2.84. The first-order chi connectivity index (χ1) is 7.98. The van der Waals surface area contributed by atoms with Crippen LogP contribution in [0.1, 0.15) is 27.2 Å². The van der Waals surface area contributed by atoms with Gasteiger partial charge in [-0.15, -0.1) is 0 Å². The summed E-state index contributed by atoms with van der Waals surface area (Å²) in [7, 11) is -0.254. The van der Waals surface area contributed by atoms with Crippen molar-refractivity contribution >= 4 is 28.5 Å². The summed E-state index contributed by atoms with van der Waals surface area (Å²) < 4.78 is 12.2. The molecule has 0 radical (unpaired) electrons. The van der Waals surface area contributed by atoms with Gasteiger partial charge < -0.3 is 9.31 Å². The van der Waals surface area contributed by atoms with Crippen LogP contribution in [-0.4, -0.2) is 23.7 Å². The Bertz CT molecular complexity index is 382. The Morgan fingerprint density at radius 3 is 2.35 bits per heavy atom. The molecule has 1 saturated heterocycles. The fourth-order valence-electron chi connectivity index (χ4n) is 2.08. The predicted octanol–water partition coefficient (Wildman–Crippen LogP) is 2.75. The highest BCUT2D eigenvalue weighted by atomic mass is 79.9. The molecule has 1 aliphatic rings. The molecular weight excluding hydrogens is 279 g/mol. The maximum absolute atomic E-state index is 6.14. The number of hydrogen-bond donors (Lipinski definition) is 0. The first-order valence-electron chi connectivity index (χ1n) is 5.95. The maximum Gasteiger partial charge on any atom is 0.494 e. The van der Waals surface area contributed by atoms with Gasteiger partial charge in [-0.05, 0) is 32.7 Å². The van der Waals surface area contributed by atoms with Crippen LogP contribution in [0, 0.1) is 0 Å². The lowest BCUT2D eigenvalue weighted by Gasteiger charge is -2.35. The van der Waals surface area contributed by atoms with E-state index in [0.29, 0.717) is 0 Å². The largest absolute Gasteiger partial charge is 0.494 e. The van der Waals surface area contributed by atoms with Gasteiger partial charge in [0.2, 0.25) is 0 Å². The van der Waals surface area contributed by atoms with Gasteiger partial charge in [-0.25, -0.2) is 0 Å². The highest BCUT2D eigenvalue weighted by Crippen LogP contribution is 2.39. The van der Waals surface area contributed by atoms with E-state index in [1.165, 1.54) is 0 Å². The molecule has 1 atom stereocenters. The van der Waals surface area contributed by atoms with Crippen molar-refractivity contribution in [3.63, 3.8) is 0 Å². The van der Waals surface area contributed by atoms with Gasteiger partial charge in [0.05, 0.1) is 11.2 Å². The van der Waals surface area contributed by atoms with E-state index >= 15 is 0 Å². The molecule has 0 N–H and O–H groups in total. The smallest absolute Gasteiger partial charge is 0.399 e. The number of hydrogen-bond acceptors (Lipinski definition) is 2. The molecule has 0 aliphatic carbocycles. The molecule has 0 spiro atoms. The van der Waals surface area contributed by atoms with Gasteiger partial charge in [-0.3, -0.25) is 0 Å². The molecule has 1 fully saturated rings. The van der Waals surface area contributed by atoms with Crippen molar-refractivity contribution in [1.29, 1.82) is 0 Å². The van der Waals surface area contributed by atoms with E-state index in [4.69, 9.17) is 9.31 Å². The summed E-state index contributed by atoms with van der Waals surface area (Å²) >= 11 is 3.49. The molecule has 0 amide bonds. The van der Waals surface area contributed by atoms with Crippen molar-refractivity contribution in [2.24, 2.45) is 0 Å². The van der Waals surface area contributed by atoms with Gasteiger partial charge in [0.1, 0.15) is 0 Å². The van der Waals surface area contributed by atoms with Gasteiger partial charge in [-0.2, -0.15) is 0 Å². The molecule has 0 bridgehead atoms. The molecule has 4 heteroatoms. The summed E-state index contributed by atoms with van der Waals surface area (Å²) in [4.78, 5) is 0. The number of rotatable bonds is 3. The van der Waals surface area contributed by atoms with Crippen LogP contribution in [0.3, 0.4) is 0 Å². The molecule has 2 nitrogen and oxygen atoms in total. The second-order valence-electron chi connectivity index (χ2n) is 5.16. The standard InChI is InChI=1S/C13H18BBrO2/c1-12(2)13(3,9-10-15)17-14(16-12)11-7-5-4-6-8-11/h4-8H,9-10H2,1-3H3. The second-order valence-corrected chi connectivity index (χ2v) is 5.95. The summed E-state index contributed by atoms with van der Waals surface area (Å²) in [5.74, 6) is 0. The minimum Gasteiger partial charge on any atom is -0.399 e. The molecule has 2 rings (SSSR count). The lowest BCUT2D eigenvalue weighted by molar-refractivity contribution is -0.0108. The van der Waals surface area contributed by atoms with Crippen LogP contribution in [0.25, 0.3) is 0 Å². The first kappa shape index (κ1) is 13.1. The Balaban J connectivity index is 2.22. The predicted molar refractivity (Wildman–Crippen MR) is 74.9 cm³/mol. The molecule has 17 heavy (non-hydrogen) atoms. The van der Waals surface area contributed by atoms with Crippen LogP contribution in [0.5, 0.6) is 0 Å². The van der Waals surface area contributed by atoms with Gasteiger partial charge >= 0.3 is 7.12 Å². The summed E-state index contributed by atoms with van der Waals surface area (Å²) in [6.45, 7) is 6.31. The van der Waals surface area contributed by atoms with Gasteiger partial charge in [0.25, 0.3) is 0 Å². The average molecular weight is 297 g/mol. The number of alkyl halides is 1. The molecule has 1 aromatic rings. The quantitative estimate of drug-likeness (QED) is 0.631. The van der Waals surface area contributed by atoms with E-state index in [0.717, 1.165) is 17.2 Å². The Hall–Kier alpha value is -0.315. The Labute approximate surface area is 112 Å². The van der Waals surface area contributed by atoms with Crippen LogP contribution in [0.4, 0.5) is 0 Å². The SMILES string of the molecule is CC1(C)OB(c2ccccc2)OC1(C)CCBr. The topological polar surface area (TPSA) is 18.5 Å². The van der Waals surface area contributed by atoms with Crippen molar-refractivity contribution in [1.82, 2.24) is 0 Å².